The van der Waals surface area contributed by atoms with E-state index in [4.69, 9.17) is 5.11 Å². The molecule has 0 radical (unpaired) electrons. The molecule has 0 atom stereocenters. The zero-order valence-electron chi connectivity index (χ0n) is 10.2. The van der Waals surface area contributed by atoms with Gasteiger partial charge < -0.3 is 15.3 Å². The Hall–Kier alpha value is -1.89. The summed E-state index contributed by atoms with van der Waals surface area (Å²) in [5.74, 6) is -1.27. The molecule has 7 heteroatoms. The highest BCUT2D eigenvalue weighted by molar-refractivity contribution is 5.95. The molecular weight excluding hydrogens is 236 g/mol. The Morgan fingerprint density at radius 2 is 2.11 bits per heavy atom. The van der Waals surface area contributed by atoms with Crippen molar-refractivity contribution in [3.8, 4) is 0 Å². The molecule has 1 aliphatic heterocycles. The van der Waals surface area contributed by atoms with Gasteiger partial charge in [0.15, 0.2) is 5.69 Å². The monoisotopic (exact) mass is 252 g/mol. The Labute approximate surface area is 104 Å². The molecule has 18 heavy (non-hydrogen) atoms. The lowest BCUT2D eigenvalue weighted by molar-refractivity contribution is 0.0687. The molecule has 2 N–H and O–H groups in total. The number of aromatic nitrogens is 2. The third-order valence-corrected chi connectivity index (χ3v) is 2.92. The third-order valence-electron chi connectivity index (χ3n) is 2.92. The number of aryl methyl sites for hydroxylation is 1. The fourth-order valence-corrected chi connectivity index (χ4v) is 1.96. The van der Waals surface area contributed by atoms with Crippen molar-refractivity contribution in [2.24, 2.45) is 0 Å². The molecule has 1 aromatic heterocycles. The normalized spacial score (nSPS) is 15.7. The second-order valence-corrected chi connectivity index (χ2v) is 4.08. The van der Waals surface area contributed by atoms with Gasteiger partial charge in [-0.05, 0) is 6.92 Å². The van der Waals surface area contributed by atoms with Gasteiger partial charge in [-0.25, -0.2) is 4.79 Å². The average Bonchev–Trinajstić information content (AvgIpc) is 2.83. The number of nitrogens with zero attached hydrogens (tertiary/aromatic N) is 3. The summed E-state index contributed by atoms with van der Waals surface area (Å²) in [6, 6.07) is 1.34. The lowest BCUT2D eigenvalue weighted by Crippen LogP contribution is -2.46. The van der Waals surface area contributed by atoms with E-state index in [1.807, 2.05) is 6.92 Å². The van der Waals surface area contributed by atoms with Crippen molar-refractivity contribution in [2.75, 3.05) is 26.2 Å². The fourth-order valence-electron chi connectivity index (χ4n) is 1.96. The van der Waals surface area contributed by atoms with Crippen LogP contribution in [0.25, 0.3) is 0 Å². The molecule has 1 amide bonds. The molecular formula is C11H16N4O3. The molecule has 2 heterocycles. The Bertz CT molecular complexity index is 463. The number of hydrogen-bond acceptors (Lipinski definition) is 4. The molecule has 0 unspecified atom stereocenters. The second-order valence-electron chi connectivity index (χ2n) is 4.08. The summed E-state index contributed by atoms with van der Waals surface area (Å²) in [5.41, 5.74) is 0.257. The van der Waals surface area contributed by atoms with Crippen LogP contribution in [0.15, 0.2) is 6.07 Å². The molecule has 0 spiro atoms. The van der Waals surface area contributed by atoms with E-state index in [2.05, 4.69) is 10.4 Å². The highest BCUT2D eigenvalue weighted by Crippen LogP contribution is 2.09. The summed E-state index contributed by atoms with van der Waals surface area (Å²) in [6.07, 6.45) is 0. The number of carboxylic acids is 1. The number of nitrogens with one attached hydrogen (secondary N) is 1. The average molecular weight is 252 g/mol. The van der Waals surface area contributed by atoms with Gasteiger partial charge in [0.2, 0.25) is 0 Å². The maximum absolute atomic E-state index is 12.3. The summed E-state index contributed by atoms with van der Waals surface area (Å²) in [4.78, 5) is 24.8. The minimum atomic E-state index is -1.11. The molecule has 1 aromatic rings. The molecule has 0 saturated carbocycles. The lowest BCUT2D eigenvalue weighted by atomic mass is 10.3. The van der Waals surface area contributed by atoms with Crippen LogP contribution in [0.3, 0.4) is 0 Å². The quantitative estimate of drug-likeness (QED) is 0.767. The van der Waals surface area contributed by atoms with Crippen LogP contribution in [0.4, 0.5) is 0 Å². The Kier molecular flexibility index (Phi) is 3.61. The zero-order chi connectivity index (χ0) is 13.1. The fraction of sp³-hybridized carbons (Fsp3) is 0.545. The van der Waals surface area contributed by atoms with E-state index in [1.165, 1.54) is 10.7 Å². The minimum Gasteiger partial charge on any atom is -0.476 e. The van der Waals surface area contributed by atoms with Crippen molar-refractivity contribution in [3.05, 3.63) is 17.5 Å². The van der Waals surface area contributed by atoms with Crippen LogP contribution in [0.5, 0.6) is 0 Å². The highest BCUT2D eigenvalue weighted by atomic mass is 16.4. The van der Waals surface area contributed by atoms with Crippen molar-refractivity contribution in [1.29, 1.82) is 0 Å². The van der Waals surface area contributed by atoms with Gasteiger partial charge in [0.25, 0.3) is 5.91 Å². The van der Waals surface area contributed by atoms with Gasteiger partial charge in [-0.1, -0.05) is 0 Å². The molecule has 7 nitrogen and oxygen atoms in total. The Morgan fingerprint density at radius 3 is 2.67 bits per heavy atom. The Morgan fingerprint density at radius 1 is 1.44 bits per heavy atom. The number of piperazine rings is 1. The standard InChI is InChI=1S/C11H16N4O3/c1-2-15-9(7-8(13-15)11(17)18)10(16)14-5-3-12-4-6-14/h7,12H,2-6H2,1H3,(H,17,18). The van der Waals surface area contributed by atoms with Gasteiger partial charge in [0.05, 0.1) is 0 Å². The maximum atomic E-state index is 12.3. The van der Waals surface area contributed by atoms with E-state index in [0.717, 1.165) is 13.1 Å². The van der Waals surface area contributed by atoms with Crippen LogP contribution in [-0.4, -0.2) is 57.8 Å². The number of hydrogen-bond donors (Lipinski definition) is 2. The number of carboxylic acid groups (broad SMARTS) is 1. The van der Waals surface area contributed by atoms with Crippen LogP contribution in [0, 0.1) is 0 Å². The first kappa shape index (κ1) is 12.6. The lowest BCUT2D eigenvalue weighted by Gasteiger charge is -2.27. The molecule has 2 rings (SSSR count). The van der Waals surface area contributed by atoms with Gasteiger partial charge in [0, 0.05) is 38.8 Å². The van der Waals surface area contributed by atoms with Crippen molar-refractivity contribution in [3.63, 3.8) is 0 Å². The van der Waals surface area contributed by atoms with E-state index in [1.54, 1.807) is 4.90 Å². The topological polar surface area (TPSA) is 87.5 Å². The summed E-state index contributed by atoms with van der Waals surface area (Å²) < 4.78 is 1.44. The SMILES string of the molecule is CCn1nc(C(=O)O)cc1C(=O)N1CCNCC1. The molecule has 0 aromatic carbocycles. The van der Waals surface area contributed by atoms with Crippen molar-refractivity contribution < 1.29 is 14.7 Å². The number of aromatic carboxylic acids is 1. The summed E-state index contributed by atoms with van der Waals surface area (Å²) in [7, 11) is 0. The molecule has 1 saturated heterocycles. The van der Waals surface area contributed by atoms with Crippen LogP contribution >= 0.6 is 0 Å². The van der Waals surface area contributed by atoms with E-state index in [9.17, 15) is 9.59 Å². The number of carbonyl (C=O) groups excluding carboxylic acids is 1. The van der Waals surface area contributed by atoms with Crippen molar-refractivity contribution >= 4 is 11.9 Å². The molecule has 98 valence electrons. The van der Waals surface area contributed by atoms with E-state index in [0.29, 0.717) is 25.3 Å². The second kappa shape index (κ2) is 5.18. The Balaban J connectivity index is 2.25. The van der Waals surface area contributed by atoms with Gasteiger partial charge >= 0.3 is 5.97 Å². The first-order valence-electron chi connectivity index (χ1n) is 5.94. The zero-order valence-corrected chi connectivity index (χ0v) is 10.2. The van der Waals surface area contributed by atoms with Crippen LogP contribution in [-0.2, 0) is 6.54 Å². The van der Waals surface area contributed by atoms with Crippen molar-refractivity contribution in [1.82, 2.24) is 20.0 Å². The van der Waals surface area contributed by atoms with Crippen molar-refractivity contribution in [2.45, 2.75) is 13.5 Å². The summed E-state index contributed by atoms with van der Waals surface area (Å²) >= 11 is 0. The largest absolute Gasteiger partial charge is 0.476 e. The predicted molar refractivity (Wildman–Crippen MR) is 63.6 cm³/mol. The van der Waals surface area contributed by atoms with E-state index in [-0.39, 0.29) is 11.6 Å². The van der Waals surface area contributed by atoms with Crippen LogP contribution in [0.2, 0.25) is 0 Å². The van der Waals surface area contributed by atoms with E-state index >= 15 is 0 Å². The summed E-state index contributed by atoms with van der Waals surface area (Å²) in [6.45, 7) is 5.09. The first-order chi connectivity index (χ1) is 8.63. The van der Waals surface area contributed by atoms with Crippen LogP contribution in [0.1, 0.15) is 27.9 Å². The van der Waals surface area contributed by atoms with Crippen LogP contribution < -0.4 is 5.32 Å². The first-order valence-corrected chi connectivity index (χ1v) is 5.94. The third kappa shape index (κ3) is 2.35. The van der Waals surface area contributed by atoms with Gasteiger partial charge in [-0.15, -0.1) is 0 Å². The molecule has 0 bridgehead atoms. The smallest absolute Gasteiger partial charge is 0.356 e. The summed E-state index contributed by atoms with van der Waals surface area (Å²) in [5, 5.41) is 16.0. The number of amides is 1. The molecule has 1 fully saturated rings. The number of rotatable bonds is 3. The predicted octanol–water partition coefficient (Wildman–Crippen LogP) is -0.353. The molecule has 1 aliphatic rings. The number of carbonyl (C=O) groups is 2. The van der Waals surface area contributed by atoms with Gasteiger partial charge in [-0.2, -0.15) is 5.10 Å². The van der Waals surface area contributed by atoms with Gasteiger partial charge in [-0.3, -0.25) is 9.48 Å². The molecule has 0 aliphatic carbocycles. The highest BCUT2D eigenvalue weighted by Gasteiger charge is 2.23. The van der Waals surface area contributed by atoms with Gasteiger partial charge in [0.1, 0.15) is 5.69 Å². The maximum Gasteiger partial charge on any atom is 0.356 e. The van der Waals surface area contributed by atoms with E-state index < -0.39 is 5.97 Å². The minimum absolute atomic E-state index is 0.0877.